The molecule has 1 unspecified atom stereocenters. The van der Waals surface area contributed by atoms with Crippen molar-refractivity contribution in [1.29, 1.82) is 0 Å². The molecule has 0 saturated heterocycles. The van der Waals surface area contributed by atoms with Crippen LogP contribution in [0.4, 0.5) is 0 Å². The summed E-state index contributed by atoms with van der Waals surface area (Å²) in [4.78, 5) is 0. The van der Waals surface area contributed by atoms with E-state index in [0.29, 0.717) is 78.4 Å². The smallest absolute Gasteiger partial charge is 0.124 e. The molecule has 1 atom stereocenters. The number of hydrogen-bond acceptors (Lipinski definition) is 7. The van der Waals surface area contributed by atoms with E-state index in [1.807, 2.05) is 0 Å². The van der Waals surface area contributed by atoms with Crippen molar-refractivity contribution in [3.8, 4) is 23.2 Å². The van der Waals surface area contributed by atoms with Crippen molar-refractivity contribution in [1.82, 2.24) is 0 Å². The van der Waals surface area contributed by atoms with Gasteiger partial charge in [-0.05, 0) is 12.8 Å². The molecular weight excluding hydrogens is 360 g/mol. The molecule has 0 radical (unpaired) electrons. The van der Waals surface area contributed by atoms with Gasteiger partial charge in [0.25, 0.3) is 0 Å². The first-order chi connectivity index (χ1) is 12.9. The maximum atomic E-state index is 11.6. The second-order valence-corrected chi connectivity index (χ2v) is 6.42. The largest absolute Gasteiger partial charge is 0.443 e. The lowest BCUT2D eigenvalue weighted by Gasteiger charge is -2.07. The number of ether oxygens (including phenoxy) is 6. The van der Waals surface area contributed by atoms with Crippen LogP contribution >= 0.6 is 0 Å². The van der Waals surface area contributed by atoms with Crippen molar-refractivity contribution < 1.29 is 32.6 Å². The Labute approximate surface area is 158 Å². The van der Waals surface area contributed by atoms with Crippen LogP contribution in [0.15, 0.2) is 0 Å². The van der Waals surface area contributed by atoms with Gasteiger partial charge < -0.3 is 28.4 Å². The van der Waals surface area contributed by atoms with E-state index in [0.717, 1.165) is 12.8 Å². The van der Waals surface area contributed by atoms with Gasteiger partial charge in [0.2, 0.25) is 0 Å². The summed E-state index contributed by atoms with van der Waals surface area (Å²) >= 11 is 0. The Balaban J connectivity index is 2.21. The standard InChI is InChI=1S/C18H28O7S/c19-26-17-3-1-5-20-7-9-22-11-13-24-15-16-25-14-12-23-10-8-21-6-2-4-18-26/h1,3,5,7-17H2. The molecule has 0 N–H and O–H groups in total. The third kappa shape index (κ3) is 16.3. The van der Waals surface area contributed by atoms with Crippen LogP contribution in [-0.4, -0.2) is 82.6 Å². The molecule has 0 fully saturated rings. The van der Waals surface area contributed by atoms with Crippen molar-refractivity contribution in [3.05, 3.63) is 0 Å². The lowest BCUT2D eigenvalue weighted by molar-refractivity contribution is -0.0133. The topological polar surface area (TPSA) is 72.5 Å². The Morgan fingerprint density at radius 1 is 0.577 bits per heavy atom. The van der Waals surface area contributed by atoms with Gasteiger partial charge in [-0.3, -0.25) is 0 Å². The van der Waals surface area contributed by atoms with Gasteiger partial charge in [-0.15, -0.1) is 0 Å². The van der Waals surface area contributed by atoms with E-state index >= 15 is 0 Å². The minimum absolute atomic E-state index is 0.348. The summed E-state index contributed by atoms with van der Waals surface area (Å²) in [6, 6.07) is 0. The molecule has 0 aliphatic carbocycles. The van der Waals surface area contributed by atoms with Gasteiger partial charge in [0.1, 0.15) is 12.7 Å². The first kappa shape index (κ1) is 22.9. The summed E-state index contributed by atoms with van der Waals surface area (Å²) < 4.78 is 43.6. The van der Waals surface area contributed by atoms with E-state index in [9.17, 15) is 4.21 Å². The van der Waals surface area contributed by atoms with Crippen molar-refractivity contribution in [2.45, 2.75) is 12.8 Å². The normalized spacial score (nSPS) is 23.6. The van der Waals surface area contributed by atoms with Gasteiger partial charge in [-0.2, -0.15) is 0 Å². The molecule has 26 heavy (non-hydrogen) atoms. The van der Waals surface area contributed by atoms with Crippen molar-refractivity contribution in [2.75, 3.05) is 78.4 Å². The third-order valence-electron chi connectivity index (χ3n) is 3.04. The predicted molar refractivity (Wildman–Crippen MR) is 97.8 cm³/mol. The molecule has 0 aromatic heterocycles. The van der Waals surface area contributed by atoms with Gasteiger partial charge >= 0.3 is 0 Å². The fourth-order valence-electron chi connectivity index (χ4n) is 1.77. The van der Waals surface area contributed by atoms with Gasteiger partial charge in [-0.25, -0.2) is 4.21 Å². The van der Waals surface area contributed by atoms with E-state index in [-0.39, 0.29) is 0 Å². The summed E-state index contributed by atoms with van der Waals surface area (Å²) in [5.74, 6) is 5.56. The predicted octanol–water partition coefficient (Wildman–Crippen LogP) is 0.550. The molecule has 148 valence electrons. The quantitative estimate of drug-likeness (QED) is 0.561. The SMILES string of the molecule is O=S1C#CC#COCCOCCOCCOCCOCCOCCCC1. The van der Waals surface area contributed by atoms with Crippen LogP contribution in [0.2, 0.25) is 0 Å². The fraction of sp³-hybridized carbons (Fsp3) is 0.778. The van der Waals surface area contributed by atoms with Crippen LogP contribution in [0.5, 0.6) is 0 Å². The molecule has 7 nitrogen and oxygen atoms in total. The lowest BCUT2D eigenvalue weighted by atomic mass is 10.4. The third-order valence-corrected chi connectivity index (χ3v) is 4.03. The molecule has 0 saturated carbocycles. The Kier molecular flexibility index (Phi) is 16.4. The molecule has 1 rings (SSSR count). The molecule has 1 heterocycles. The monoisotopic (exact) mass is 388 g/mol. The molecular formula is C18H28O7S. The fourth-order valence-corrected chi connectivity index (χ4v) is 2.50. The average molecular weight is 388 g/mol. The minimum atomic E-state index is -1.19. The highest BCUT2D eigenvalue weighted by atomic mass is 32.2. The molecule has 0 aromatic rings. The first-order valence-corrected chi connectivity index (χ1v) is 10.1. The highest BCUT2D eigenvalue weighted by Crippen LogP contribution is 1.94. The first-order valence-electron chi connectivity index (χ1n) is 8.79. The van der Waals surface area contributed by atoms with Gasteiger partial charge in [0, 0.05) is 29.5 Å². The summed E-state index contributed by atoms with van der Waals surface area (Å²) in [5.41, 5.74) is 0. The average Bonchev–Trinajstić information content (AvgIpc) is 2.64. The van der Waals surface area contributed by atoms with Crippen molar-refractivity contribution in [3.63, 3.8) is 0 Å². The minimum Gasteiger partial charge on any atom is -0.443 e. The van der Waals surface area contributed by atoms with Crippen molar-refractivity contribution in [2.24, 2.45) is 0 Å². The summed E-state index contributed by atoms with van der Waals surface area (Å²) in [6.45, 7) is 5.58. The molecule has 0 spiro atoms. The lowest BCUT2D eigenvalue weighted by Crippen LogP contribution is -2.14. The summed E-state index contributed by atoms with van der Waals surface area (Å²) in [7, 11) is -1.19. The number of hydrogen-bond donors (Lipinski definition) is 0. The molecule has 1 aliphatic rings. The number of rotatable bonds is 0. The Bertz CT molecular complexity index is 475. The van der Waals surface area contributed by atoms with E-state index in [4.69, 9.17) is 28.4 Å². The molecule has 0 bridgehead atoms. The summed E-state index contributed by atoms with van der Waals surface area (Å²) in [6.07, 6.45) is 4.07. The van der Waals surface area contributed by atoms with E-state index in [1.165, 1.54) is 0 Å². The Morgan fingerprint density at radius 2 is 1.08 bits per heavy atom. The van der Waals surface area contributed by atoms with Crippen LogP contribution in [0.1, 0.15) is 12.8 Å². The van der Waals surface area contributed by atoms with Crippen LogP contribution in [-0.2, 0) is 39.2 Å². The zero-order valence-corrected chi connectivity index (χ0v) is 16.0. The maximum Gasteiger partial charge on any atom is 0.124 e. The molecule has 8 heteroatoms. The highest BCUT2D eigenvalue weighted by molar-refractivity contribution is 7.89. The van der Waals surface area contributed by atoms with Gasteiger partial charge in [-0.1, -0.05) is 0 Å². The Hall–Kier alpha value is -1.13. The van der Waals surface area contributed by atoms with Crippen LogP contribution < -0.4 is 0 Å². The summed E-state index contributed by atoms with van der Waals surface area (Å²) in [5, 5.41) is 2.59. The van der Waals surface area contributed by atoms with Gasteiger partial charge in [0.15, 0.2) is 0 Å². The maximum absolute atomic E-state index is 11.6. The second-order valence-electron chi connectivity index (χ2n) is 5.12. The van der Waals surface area contributed by atoms with Crippen molar-refractivity contribution >= 4 is 10.8 Å². The van der Waals surface area contributed by atoms with E-state index in [2.05, 4.69) is 23.2 Å². The molecule has 1 aliphatic heterocycles. The van der Waals surface area contributed by atoms with E-state index < -0.39 is 10.8 Å². The van der Waals surface area contributed by atoms with Crippen LogP contribution in [0.3, 0.4) is 0 Å². The molecule has 0 amide bonds. The van der Waals surface area contributed by atoms with Crippen LogP contribution in [0.25, 0.3) is 0 Å². The van der Waals surface area contributed by atoms with E-state index in [1.54, 1.807) is 0 Å². The van der Waals surface area contributed by atoms with Gasteiger partial charge in [0.05, 0.1) is 70.3 Å². The second kappa shape index (κ2) is 18.7. The zero-order valence-electron chi connectivity index (χ0n) is 15.2. The van der Waals surface area contributed by atoms with Crippen LogP contribution in [0, 0.1) is 23.2 Å². The molecule has 0 aromatic carbocycles. The Morgan fingerprint density at radius 3 is 1.65 bits per heavy atom. The highest BCUT2D eigenvalue weighted by Gasteiger charge is 1.96. The zero-order chi connectivity index (χ0) is 18.5.